The lowest BCUT2D eigenvalue weighted by Crippen LogP contribution is -2.33. The molecule has 4 nitrogen and oxygen atoms in total. The summed E-state index contributed by atoms with van der Waals surface area (Å²) in [6.45, 7) is 3.92. The van der Waals surface area contributed by atoms with Crippen molar-refractivity contribution in [1.29, 1.82) is 0 Å². The van der Waals surface area contributed by atoms with Crippen LogP contribution in [0.25, 0.3) is 0 Å². The molecule has 1 aliphatic heterocycles. The molecule has 0 saturated heterocycles. The Morgan fingerprint density at radius 2 is 2.08 bits per heavy atom. The van der Waals surface area contributed by atoms with Gasteiger partial charge in [0.15, 0.2) is 0 Å². The predicted octanol–water partition coefficient (Wildman–Crippen LogP) is 3.14. The highest BCUT2D eigenvalue weighted by molar-refractivity contribution is 5.60. The summed E-state index contributed by atoms with van der Waals surface area (Å²) in [6, 6.07) is 16.8. The third-order valence-electron chi connectivity index (χ3n) is 4.52. The molecule has 0 aromatic heterocycles. The van der Waals surface area contributed by atoms with Crippen molar-refractivity contribution in [3.05, 3.63) is 59.7 Å². The highest BCUT2D eigenvalue weighted by Crippen LogP contribution is 2.34. The Morgan fingerprint density at radius 3 is 2.83 bits per heavy atom. The van der Waals surface area contributed by atoms with Crippen LogP contribution in [0.3, 0.4) is 0 Å². The van der Waals surface area contributed by atoms with Crippen molar-refractivity contribution in [3.63, 3.8) is 0 Å². The van der Waals surface area contributed by atoms with Gasteiger partial charge in [0.05, 0.1) is 18.8 Å². The first-order valence-electron chi connectivity index (χ1n) is 8.72. The number of fused-ring (bicyclic) bond motifs is 1. The van der Waals surface area contributed by atoms with Gasteiger partial charge in [-0.25, -0.2) is 0 Å². The van der Waals surface area contributed by atoms with Gasteiger partial charge < -0.3 is 20.5 Å². The number of aliphatic hydroxyl groups is 1. The van der Waals surface area contributed by atoms with E-state index in [1.54, 1.807) is 0 Å². The Hall–Kier alpha value is -2.04. The van der Waals surface area contributed by atoms with E-state index in [1.165, 1.54) is 11.1 Å². The van der Waals surface area contributed by atoms with Crippen molar-refractivity contribution in [3.8, 4) is 5.75 Å². The van der Waals surface area contributed by atoms with E-state index in [1.807, 2.05) is 18.2 Å². The topological polar surface area (TPSA) is 53.5 Å². The Labute approximate surface area is 143 Å². The molecule has 0 spiro atoms. The molecule has 0 fully saturated rings. The molecule has 0 radical (unpaired) electrons. The quantitative estimate of drug-likeness (QED) is 0.732. The maximum absolute atomic E-state index is 9.21. The monoisotopic (exact) mass is 326 g/mol. The van der Waals surface area contributed by atoms with Crippen LogP contribution in [0.15, 0.2) is 48.5 Å². The van der Waals surface area contributed by atoms with Crippen LogP contribution in [0.2, 0.25) is 0 Å². The summed E-state index contributed by atoms with van der Waals surface area (Å²) in [5, 5.41) is 16.1. The van der Waals surface area contributed by atoms with Gasteiger partial charge in [-0.2, -0.15) is 0 Å². The van der Waals surface area contributed by atoms with Crippen molar-refractivity contribution in [2.75, 3.05) is 25.0 Å². The molecule has 1 heterocycles. The summed E-state index contributed by atoms with van der Waals surface area (Å²) in [5.41, 5.74) is 3.52. The van der Waals surface area contributed by atoms with Crippen LogP contribution in [0.4, 0.5) is 5.69 Å². The van der Waals surface area contributed by atoms with Crippen LogP contribution < -0.4 is 15.4 Å². The van der Waals surface area contributed by atoms with Gasteiger partial charge in [0.1, 0.15) is 11.9 Å². The summed E-state index contributed by atoms with van der Waals surface area (Å²) < 4.78 is 6.14. The lowest BCUT2D eigenvalue weighted by atomic mass is 10.1. The van der Waals surface area contributed by atoms with Crippen molar-refractivity contribution in [1.82, 2.24) is 5.32 Å². The van der Waals surface area contributed by atoms with Gasteiger partial charge in [-0.05, 0) is 42.6 Å². The van der Waals surface area contributed by atoms with E-state index < -0.39 is 0 Å². The Morgan fingerprint density at radius 1 is 1.25 bits per heavy atom. The van der Waals surface area contributed by atoms with Crippen LogP contribution in [0.5, 0.6) is 5.75 Å². The highest BCUT2D eigenvalue weighted by Gasteiger charge is 2.20. The van der Waals surface area contributed by atoms with Gasteiger partial charge >= 0.3 is 0 Å². The van der Waals surface area contributed by atoms with Gasteiger partial charge in [-0.1, -0.05) is 43.3 Å². The molecular weight excluding hydrogens is 300 g/mol. The molecule has 3 N–H and O–H groups in total. The van der Waals surface area contributed by atoms with Crippen molar-refractivity contribution >= 4 is 5.69 Å². The second-order valence-corrected chi connectivity index (χ2v) is 6.22. The highest BCUT2D eigenvalue weighted by atomic mass is 16.5. The van der Waals surface area contributed by atoms with Crippen LogP contribution in [-0.2, 0) is 6.42 Å². The Bertz CT molecular complexity index is 641. The first-order chi connectivity index (χ1) is 11.8. The summed E-state index contributed by atoms with van der Waals surface area (Å²) in [7, 11) is 0. The average Bonchev–Trinajstić information content (AvgIpc) is 2.65. The molecule has 128 valence electrons. The number of anilines is 1. The Balaban J connectivity index is 1.59. The van der Waals surface area contributed by atoms with Crippen LogP contribution in [0.1, 0.15) is 30.6 Å². The Kier molecular flexibility index (Phi) is 5.72. The summed E-state index contributed by atoms with van der Waals surface area (Å²) in [5.74, 6) is 0.911. The second-order valence-electron chi connectivity index (χ2n) is 6.22. The first kappa shape index (κ1) is 16.8. The lowest BCUT2D eigenvalue weighted by Gasteiger charge is -2.28. The van der Waals surface area contributed by atoms with Gasteiger partial charge in [0, 0.05) is 6.04 Å². The van der Waals surface area contributed by atoms with Crippen molar-refractivity contribution in [2.45, 2.75) is 31.9 Å². The normalized spacial score (nSPS) is 17.5. The summed E-state index contributed by atoms with van der Waals surface area (Å²) in [6.07, 6.45) is 1.94. The van der Waals surface area contributed by atoms with Crippen LogP contribution >= 0.6 is 0 Å². The van der Waals surface area contributed by atoms with E-state index in [9.17, 15) is 5.11 Å². The van der Waals surface area contributed by atoms with E-state index in [0.29, 0.717) is 0 Å². The number of nitrogens with one attached hydrogen (secondary N) is 2. The molecule has 24 heavy (non-hydrogen) atoms. The minimum Gasteiger partial charge on any atom is -0.482 e. The van der Waals surface area contributed by atoms with Crippen LogP contribution in [0, 0.1) is 0 Å². The molecule has 2 aromatic carbocycles. The predicted molar refractivity (Wildman–Crippen MR) is 97.6 cm³/mol. The smallest absolute Gasteiger partial charge is 0.143 e. The van der Waals surface area contributed by atoms with Gasteiger partial charge in [-0.3, -0.25) is 0 Å². The number of benzene rings is 2. The molecule has 2 atom stereocenters. The molecule has 2 aromatic rings. The van der Waals surface area contributed by atoms with Gasteiger partial charge in [0.25, 0.3) is 0 Å². The maximum atomic E-state index is 9.21. The fraction of sp³-hybridized carbons (Fsp3) is 0.400. The molecule has 1 aliphatic rings. The average molecular weight is 326 g/mol. The second kappa shape index (κ2) is 8.18. The number of hydrogen-bond acceptors (Lipinski definition) is 4. The molecule has 0 bridgehead atoms. The zero-order valence-electron chi connectivity index (χ0n) is 14.2. The number of ether oxygens (including phenoxy) is 1. The molecule has 3 rings (SSSR count). The van der Waals surface area contributed by atoms with E-state index >= 15 is 0 Å². The SMILES string of the molecule is CCC(CO)NCCc1ccc2c(c1)NCC(c1ccccc1)O2. The molecule has 0 saturated carbocycles. The molecule has 4 heteroatoms. The number of rotatable bonds is 7. The van der Waals surface area contributed by atoms with E-state index in [2.05, 4.69) is 47.9 Å². The minimum absolute atomic E-state index is 0.0566. The fourth-order valence-corrected chi connectivity index (χ4v) is 2.98. The first-order valence-corrected chi connectivity index (χ1v) is 8.72. The summed E-state index contributed by atoms with van der Waals surface area (Å²) in [4.78, 5) is 0. The fourth-order valence-electron chi connectivity index (χ4n) is 2.98. The number of hydrogen-bond donors (Lipinski definition) is 3. The maximum Gasteiger partial charge on any atom is 0.143 e. The van der Waals surface area contributed by atoms with Crippen molar-refractivity contribution < 1.29 is 9.84 Å². The van der Waals surface area contributed by atoms with Gasteiger partial charge in [-0.15, -0.1) is 0 Å². The van der Waals surface area contributed by atoms with E-state index in [-0.39, 0.29) is 18.8 Å². The third-order valence-corrected chi connectivity index (χ3v) is 4.52. The van der Waals surface area contributed by atoms with E-state index in [4.69, 9.17) is 4.74 Å². The lowest BCUT2D eigenvalue weighted by molar-refractivity contribution is 0.210. The van der Waals surface area contributed by atoms with Gasteiger partial charge in [0.2, 0.25) is 0 Å². The third kappa shape index (κ3) is 4.08. The molecular formula is C20H26N2O2. The zero-order valence-corrected chi connectivity index (χ0v) is 14.2. The summed E-state index contributed by atoms with van der Waals surface area (Å²) >= 11 is 0. The largest absolute Gasteiger partial charge is 0.482 e. The molecule has 0 amide bonds. The molecule has 2 unspecified atom stereocenters. The van der Waals surface area contributed by atoms with Crippen molar-refractivity contribution in [2.24, 2.45) is 0 Å². The standard InChI is InChI=1S/C20H26N2O2/c1-2-17(14-23)21-11-10-15-8-9-19-18(12-15)22-13-20(24-19)16-6-4-3-5-7-16/h3-9,12,17,20-23H,2,10-11,13-14H2,1H3. The zero-order chi connectivity index (χ0) is 16.8. The minimum atomic E-state index is 0.0566. The number of aliphatic hydroxyl groups excluding tert-OH is 1. The van der Waals surface area contributed by atoms with Crippen LogP contribution in [-0.4, -0.2) is 30.8 Å². The van der Waals surface area contributed by atoms with E-state index in [0.717, 1.165) is 37.4 Å². The molecule has 0 aliphatic carbocycles.